The summed E-state index contributed by atoms with van der Waals surface area (Å²) >= 11 is 6.89. The molecule has 0 fully saturated rings. The number of benzene rings is 3. The number of ether oxygens (including phenoxy) is 1. The first-order chi connectivity index (χ1) is 14.0. The summed E-state index contributed by atoms with van der Waals surface area (Å²) in [5.74, 6) is 0.388. The van der Waals surface area contributed by atoms with Gasteiger partial charge in [0.15, 0.2) is 6.61 Å². The van der Waals surface area contributed by atoms with E-state index >= 15 is 0 Å². The molecule has 4 rings (SSSR count). The smallest absolute Gasteiger partial charge is 0.262 e. The van der Waals surface area contributed by atoms with E-state index in [0.717, 1.165) is 25.7 Å². The van der Waals surface area contributed by atoms with Crippen molar-refractivity contribution in [1.29, 1.82) is 0 Å². The van der Waals surface area contributed by atoms with Gasteiger partial charge < -0.3 is 10.1 Å². The fourth-order valence-electron chi connectivity index (χ4n) is 2.88. The van der Waals surface area contributed by atoms with Crippen LogP contribution in [0.5, 0.6) is 5.75 Å². The number of hydrogen-bond donors (Lipinski definition) is 1. The van der Waals surface area contributed by atoms with Gasteiger partial charge in [-0.15, -0.1) is 10.2 Å². The lowest BCUT2D eigenvalue weighted by atomic mass is 10.2. The topological polar surface area (TPSA) is 69.0 Å². The molecule has 6 nitrogen and oxygen atoms in total. The fourth-order valence-corrected chi connectivity index (χ4v) is 4.43. The van der Waals surface area contributed by atoms with Gasteiger partial charge in [0.2, 0.25) is 0 Å². The van der Waals surface area contributed by atoms with Crippen LogP contribution in [0.3, 0.4) is 0 Å². The number of hydrogen-bond acceptors (Lipinski definition) is 4. The molecule has 0 saturated carbocycles. The van der Waals surface area contributed by atoms with Crippen molar-refractivity contribution < 1.29 is 9.53 Å². The molecule has 29 heavy (non-hydrogen) atoms. The molecule has 0 unspecified atom stereocenters. The van der Waals surface area contributed by atoms with Crippen molar-refractivity contribution in [3.05, 3.63) is 75.2 Å². The van der Waals surface area contributed by atoms with Crippen LogP contribution in [0.4, 0.5) is 5.69 Å². The number of para-hydroxylation sites is 1. The summed E-state index contributed by atoms with van der Waals surface area (Å²) in [7, 11) is 0. The molecule has 8 heteroatoms. The van der Waals surface area contributed by atoms with E-state index in [1.165, 1.54) is 0 Å². The quantitative estimate of drug-likeness (QED) is 0.393. The zero-order chi connectivity index (χ0) is 20.4. The van der Waals surface area contributed by atoms with Gasteiger partial charge in [-0.2, -0.15) is 4.80 Å². The van der Waals surface area contributed by atoms with Gasteiger partial charge in [-0.05, 0) is 70.9 Å². The molecule has 146 valence electrons. The van der Waals surface area contributed by atoms with Crippen molar-refractivity contribution in [1.82, 2.24) is 15.0 Å². The maximum absolute atomic E-state index is 12.3. The van der Waals surface area contributed by atoms with E-state index in [0.29, 0.717) is 17.0 Å². The SMILES string of the molecule is Cc1cc(Br)cc(Br)c1OCC(=O)Nc1ccc2nn(-c3ccccc3)nc2c1. The summed E-state index contributed by atoms with van der Waals surface area (Å²) in [6, 6.07) is 18.9. The average Bonchev–Trinajstić information content (AvgIpc) is 3.11. The second kappa shape index (κ2) is 8.34. The second-order valence-electron chi connectivity index (χ2n) is 6.40. The van der Waals surface area contributed by atoms with Gasteiger partial charge >= 0.3 is 0 Å². The molecule has 0 bridgehead atoms. The third-order valence-corrected chi connectivity index (χ3v) is 5.24. The average molecular weight is 516 g/mol. The van der Waals surface area contributed by atoms with Gasteiger partial charge in [0.1, 0.15) is 16.8 Å². The van der Waals surface area contributed by atoms with E-state index in [1.807, 2.05) is 55.5 Å². The molecule has 4 aromatic rings. The highest BCUT2D eigenvalue weighted by atomic mass is 79.9. The molecule has 0 atom stereocenters. The number of nitrogens with zero attached hydrogens (tertiary/aromatic N) is 3. The third kappa shape index (κ3) is 4.49. The standard InChI is InChI=1S/C21H16Br2N4O2/c1-13-9-14(22)10-17(23)21(13)29-12-20(28)24-15-7-8-18-19(11-15)26-27(25-18)16-5-3-2-4-6-16/h2-11H,12H2,1H3,(H,24,28). The summed E-state index contributed by atoms with van der Waals surface area (Å²) in [5.41, 5.74) is 3.88. The first-order valence-corrected chi connectivity index (χ1v) is 10.4. The molecular formula is C21H16Br2N4O2. The van der Waals surface area contributed by atoms with Crippen LogP contribution in [0, 0.1) is 6.92 Å². The van der Waals surface area contributed by atoms with Gasteiger partial charge in [-0.25, -0.2) is 0 Å². The van der Waals surface area contributed by atoms with Gasteiger partial charge in [0, 0.05) is 10.2 Å². The Labute approximate surface area is 184 Å². The van der Waals surface area contributed by atoms with Crippen molar-refractivity contribution in [3.63, 3.8) is 0 Å². The van der Waals surface area contributed by atoms with Crippen molar-refractivity contribution >= 4 is 54.5 Å². The van der Waals surface area contributed by atoms with E-state index in [9.17, 15) is 4.79 Å². The number of aryl methyl sites for hydroxylation is 1. The number of aromatic nitrogens is 3. The molecule has 3 aromatic carbocycles. The summed E-state index contributed by atoms with van der Waals surface area (Å²) < 4.78 is 7.42. The summed E-state index contributed by atoms with van der Waals surface area (Å²) in [6.07, 6.45) is 0. The van der Waals surface area contributed by atoms with E-state index in [-0.39, 0.29) is 12.5 Å². The lowest BCUT2D eigenvalue weighted by Gasteiger charge is -2.12. The van der Waals surface area contributed by atoms with Gasteiger partial charge in [-0.3, -0.25) is 4.79 Å². The van der Waals surface area contributed by atoms with Crippen LogP contribution in [0.15, 0.2) is 69.6 Å². The fraction of sp³-hybridized carbons (Fsp3) is 0.0952. The molecule has 0 aliphatic heterocycles. The normalized spacial score (nSPS) is 10.9. The summed E-state index contributed by atoms with van der Waals surface area (Å²) in [4.78, 5) is 13.9. The van der Waals surface area contributed by atoms with Gasteiger partial charge in [-0.1, -0.05) is 34.1 Å². The molecule has 0 spiro atoms. The molecule has 1 N–H and O–H groups in total. The summed E-state index contributed by atoms with van der Waals surface area (Å²) in [5, 5.41) is 11.8. The van der Waals surface area contributed by atoms with Crippen LogP contribution >= 0.6 is 31.9 Å². The Morgan fingerprint density at radius 3 is 2.55 bits per heavy atom. The number of halogens is 2. The van der Waals surface area contributed by atoms with E-state index < -0.39 is 0 Å². The van der Waals surface area contributed by atoms with Crippen LogP contribution in [0.1, 0.15) is 5.56 Å². The highest BCUT2D eigenvalue weighted by Gasteiger charge is 2.11. The van der Waals surface area contributed by atoms with Crippen molar-refractivity contribution in [2.24, 2.45) is 0 Å². The number of carbonyl (C=O) groups excluding carboxylic acids is 1. The van der Waals surface area contributed by atoms with Crippen LogP contribution in [0.25, 0.3) is 16.7 Å². The number of anilines is 1. The lowest BCUT2D eigenvalue weighted by Crippen LogP contribution is -2.20. The van der Waals surface area contributed by atoms with Gasteiger partial charge in [0.25, 0.3) is 5.91 Å². The number of nitrogens with one attached hydrogen (secondary N) is 1. The number of fused-ring (bicyclic) bond motifs is 1. The zero-order valence-electron chi connectivity index (χ0n) is 15.4. The maximum Gasteiger partial charge on any atom is 0.262 e. The molecule has 0 saturated heterocycles. The summed E-state index contributed by atoms with van der Waals surface area (Å²) in [6.45, 7) is 1.82. The van der Waals surface area contributed by atoms with Crippen molar-refractivity contribution in [3.8, 4) is 11.4 Å². The largest absolute Gasteiger partial charge is 0.482 e. The minimum absolute atomic E-state index is 0.101. The first kappa shape index (κ1) is 19.6. The molecule has 1 aromatic heterocycles. The highest BCUT2D eigenvalue weighted by molar-refractivity contribution is 9.11. The molecule has 1 amide bonds. The number of rotatable bonds is 5. The predicted molar refractivity (Wildman–Crippen MR) is 120 cm³/mol. The van der Waals surface area contributed by atoms with Crippen LogP contribution in [-0.4, -0.2) is 27.5 Å². The monoisotopic (exact) mass is 514 g/mol. The second-order valence-corrected chi connectivity index (χ2v) is 8.17. The number of amides is 1. The lowest BCUT2D eigenvalue weighted by molar-refractivity contribution is -0.118. The van der Waals surface area contributed by atoms with Crippen LogP contribution < -0.4 is 10.1 Å². The Balaban J connectivity index is 1.46. The minimum Gasteiger partial charge on any atom is -0.482 e. The van der Waals surface area contributed by atoms with E-state index in [4.69, 9.17) is 4.74 Å². The first-order valence-electron chi connectivity index (χ1n) is 8.80. The Hall–Kier alpha value is -2.71. The van der Waals surface area contributed by atoms with Crippen molar-refractivity contribution in [2.45, 2.75) is 6.92 Å². The highest BCUT2D eigenvalue weighted by Crippen LogP contribution is 2.32. The predicted octanol–water partition coefficient (Wildman–Crippen LogP) is 5.27. The van der Waals surface area contributed by atoms with Gasteiger partial charge in [0.05, 0.1) is 10.2 Å². The van der Waals surface area contributed by atoms with Crippen molar-refractivity contribution in [2.75, 3.05) is 11.9 Å². The number of carbonyl (C=O) groups is 1. The third-order valence-electron chi connectivity index (χ3n) is 4.19. The van der Waals surface area contributed by atoms with E-state index in [2.05, 4.69) is 47.4 Å². The maximum atomic E-state index is 12.3. The molecule has 1 heterocycles. The Morgan fingerprint density at radius 1 is 1.03 bits per heavy atom. The molecule has 0 aliphatic carbocycles. The Kier molecular flexibility index (Phi) is 5.64. The molecule has 0 aliphatic rings. The zero-order valence-corrected chi connectivity index (χ0v) is 18.6. The van der Waals surface area contributed by atoms with Crippen LogP contribution in [0.2, 0.25) is 0 Å². The Morgan fingerprint density at radius 2 is 1.79 bits per heavy atom. The van der Waals surface area contributed by atoms with Crippen LogP contribution in [-0.2, 0) is 4.79 Å². The minimum atomic E-state index is -0.256. The Bertz CT molecular complexity index is 1170. The molecular weight excluding hydrogens is 500 g/mol. The van der Waals surface area contributed by atoms with E-state index in [1.54, 1.807) is 16.9 Å². The molecule has 0 radical (unpaired) electrons.